The zero-order valence-corrected chi connectivity index (χ0v) is 13.6. The van der Waals surface area contributed by atoms with Crippen molar-refractivity contribution in [2.45, 2.75) is 37.9 Å². The summed E-state index contributed by atoms with van der Waals surface area (Å²) in [5, 5.41) is 8.59. The van der Waals surface area contributed by atoms with Gasteiger partial charge in [-0.05, 0) is 36.5 Å². The molecule has 1 aromatic heterocycles. The molecular formula is C17H18F3N3O2. The normalized spacial score (nSPS) is 16.6. The molecule has 25 heavy (non-hydrogen) atoms. The second-order valence-electron chi connectivity index (χ2n) is 6.03. The summed E-state index contributed by atoms with van der Waals surface area (Å²) in [7, 11) is 1.57. The van der Waals surface area contributed by atoms with Crippen LogP contribution in [0.2, 0.25) is 0 Å². The Balaban J connectivity index is 1.60. The van der Waals surface area contributed by atoms with Crippen LogP contribution >= 0.6 is 0 Å². The van der Waals surface area contributed by atoms with Crippen molar-refractivity contribution in [2.75, 3.05) is 7.11 Å². The van der Waals surface area contributed by atoms with Crippen LogP contribution in [-0.4, -0.2) is 23.2 Å². The molecule has 0 bridgehead atoms. The Labute approximate surface area is 142 Å². The predicted molar refractivity (Wildman–Crippen MR) is 84.1 cm³/mol. The molecule has 1 aromatic carbocycles. The summed E-state index contributed by atoms with van der Waals surface area (Å²) >= 11 is 0. The SMILES string of the molecule is COc1ccc(CNC(=O)CC2CCc3[nH]nc(C(F)(F)F)c32)cc1. The average Bonchev–Trinajstić information content (AvgIpc) is 3.16. The standard InChI is InChI=1S/C17H18F3N3O2/c1-25-12-5-2-10(3-6-12)9-21-14(24)8-11-4-7-13-15(11)16(23-22-13)17(18,19)20/h2-3,5-6,11H,4,7-9H2,1H3,(H,21,24)(H,22,23). The Hall–Kier alpha value is -2.51. The Kier molecular flexibility index (Phi) is 4.69. The highest BCUT2D eigenvalue weighted by molar-refractivity contribution is 5.77. The Morgan fingerprint density at radius 1 is 1.36 bits per heavy atom. The topological polar surface area (TPSA) is 67.0 Å². The lowest BCUT2D eigenvalue weighted by atomic mass is 9.97. The zero-order valence-electron chi connectivity index (χ0n) is 13.6. The molecule has 0 saturated carbocycles. The van der Waals surface area contributed by atoms with Gasteiger partial charge in [-0.2, -0.15) is 18.3 Å². The molecule has 5 nitrogen and oxygen atoms in total. The zero-order chi connectivity index (χ0) is 18.0. The quantitative estimate of drug-likeness (QED) is 0.868. The summed E-state index contributed by atoms with van der Waals surface area (Å²) in [6.07, 6.45) is -3.49. The van der Waals surface area contributed by atoms with Crippen molar-refractivity contribution >= 4 is 5.91 Å². The third-order valence-electron chi connectivity index (χ3n) is 4.38. The number of aromatic amines is 1. The van der Waals surface area contributed by atoms with Gasteiger partial charge in [0.05, 0.1) is 7.11 Å². The number of rotatable bonds is 5. The Bertz CT molecular complexity index is 753. The van der Waals surface area contributed by atoms with Gasteiger partial charge in [-0.1, -0.05) is 12.1 Å². The van der Waals surface area contributed by atoms with Crippen LogP contribution in [-0.2, 0) is 23.9 Å². The number of hydrogen-bond acceptors (Lipinski definition) is 3. The van der Waals surface area contributed by atoms with E-state index in [1.807, 2.05) is 12.1 Å². The fourth-order valence-electron chi connectivity index (χ4n) is 3.14. The summed E-state index contributed by atoms with van der Waals surface area (Å²) in [4.78, 5) is 12.1. The van der Waals surface area contributed by atoms with Crippen LogP contribution in [0, 0.1) is 0 Å². The fourth-order valence-corrected chi connectivity index (χ4v) is 3.14. The maximum absolute atomic E-state index is 13.0. The van der Waals surface area contributed by atoms with Gasteiger partial charge in [0.2, 0.25) is 5.91 Å². The summed E-state index contributed by atoms with van der Waals surface area (Å²) in [6.45, 7) is 0.319. The van der Waals surface area contributed by atoms with Crippen molar-refractivity contribution in [3.05, 3.63) is 46.8 Å². The van der Waals surface area contributed by atoms with Crippen molar-refractivity contribution in [1.82, 2.24) is 15.5 Å². The number of ether oxygens (including phenoxy) is 1. The molecule has 2 aromatic rings. The molecule has 1 amide bonds. The van der Waals surface area contributed by atoms with Gasteiger partial charge in [-0.25, -0.2) is 0 Å². The number of methoxy groups -OCH3 is 1. The van der Waals surface area contributed by atoms with Crippen molar-refractivity contribution in [1.29, 1.82) is 0 Å². The summed E-state index contributed by atoms with van der Waals surface area (Å²) < 4.78 is 44.1. The molecule has 0 saturated heterocycles. The number of H-pyrrole nitrogens is 1. The molecule has 0 fully saturated rings. The van der Waals surface area contributed by atoms with Gasteiger partial charge in [0.1, 0.15) is 5.75 Å². The number of nitrogens with one attached hydrogen (secondary N) is 2. The summed E-state index contributed by atoms with van der Waals surface area (Å²) in [5.74, 6) is -0.0163. The van der Waals surface area contributed by atoms with E-state index in [-0.39, 0.29) is 17.9 Å². The number of amides is 1. The van der Waals surface area contributed by atoms with Gasteiger partial charge in [-0.3, -0.25) is 9.89 Å². The number of hydrogen-bond donors (Lipinski definition) is 2. The minimum Gasteiger partial charge on any atom is -0.497 e. The molecule has 1 unspecified atom stereocenters. The first-order valence-electron chi connectivity index (χ1n) is 7.92. The molecule has 1 aliphatic carbocycles. The first-order valence-corrected chi connectivity index (χ1v) is 7.92. The lowest BCUT2D eigenvalue weighted by molar-refractivity contribution is -0.142. The van der Waals surface area contributed by atoms with Gasteiger partial charge >= 0.3 is 6.18 Å². The molecular weight excluding hydrogens is 335 g/mol. The average molecular weight is 353 g/mol. The molecule has 1 atom stereocenters. The number of benzene rings is 1. The largest absolute Gasteiger partial charge is 0.497 e. The fraction of sp³-hybridized carbons (Fsp3) is 0.412. The van der Waals surface area contributed by atoms with Crippen LogP contribution in [0.25, 0.3) is 0 Å². The van der Waals surface area contributed by atoms with E-state index >= 15 is 0 Å². The van der Waals surface area contributed by atoms with Crippen LogP contribution in [0.5, 0.6) is 5.75 Å². The monoisotopic (exact) mass is 353 g/mol. The second kappa shape index (κ2) is 6.78. The molecule has 2 N–H and O–H groups in total. The van der Waals surface area contributed by atoms with E-state index in [9.17, 15) is 18.0 Å². The van der Waals surface area contributed by atoms with Gasteiger partial charge in [0, 0.05) is 24.2 Å². The lowest BCUT2D eigenvalue weighted by Gasteiger charge is -2.13. The molecule has 0 aliphatic heterocycles. The molecule has 1 heterocycles. The van der Waals surface area contributed by atoms with E-state index < -0.39 is 17.8 Å². The number of aromatic nitrogens is 2. The molecule has 8 heteroatoms. The maximum atomic E-state index is 13.0. The van der Waals surface area contributed by atoms with E-state index in [0.29, 0.717) is 30.8 Å². The summed E-state index contributed by atoms with van der Waals surface area (Å²) in [6, 6.07) is 7.22. The number of halogens is 3. The van der Waals surface area contributed by atoms with Crippen molar-refractivity contribution in [3.63, 3.8) is 0 Å². The highest BCUT2D eigenvalue weighted by atomic mass is 19.4. The van der Waals surface area contributed by atoms with Gasteiger partial charge in [0.15, 0.2) is 5.69 Å². The minimum atomic E-state index is -4.51. The first kappa shape index (κ1) is 17.3. The Morgan fingerprint density at radius 3 is 2.72 bits per heavy atom. The van der Waals surface area contributed by atoms with Crippen LogP contribution in [0.4, 0.5) is 13.2 Å². The van der Waals surface area contributed by atoms with Gasteiger partial charge < -0.3 is 10.1 Å². The van der Waals surface area contributed by atoms with Gasteiger partial charge in [-0.15, -0.1) is 0 Å². The van der Waals surface area contributed by atoms with E-state index in [2.05, 4.69) is 15.5 Å². The van der Waals surface area contributed by atoms with E-state index in [1.165, 1.54) is 0 Å². The van der Waals surface area contributed by atoms with E-state index in [1.54, 1.807) is 19.2 Å². The second-order valence-corrected chi connectivity index (χ2v) is 6.03. The number of alkyl halides is 3. The molecule has 0 radical (unpaired) electrons. The third-order valence-corrected chi connectivity index (χ3v) is 4.38. The van der Waals surface area contributed by atoms with Crippen molar-refractivity contribution in [2.24, 2.45) is 0 Å². The number of carbonyl (C=O) groups is 1. The van der Waals surface area contributed by atoms with Crippen LogP contribution in [0.15, 0.2) is 24.3 Å². The highest BCUT2D eigenvalue weighted by Crippen LogP contribution is 2.42. The highest BCUT2D eigenvalue weighted by Gasteiger charge is 2.42. The van der Waals surface area contributed by atoms with Gasteiger partial charge in [0.25, 0.3) is 0 Å². The summed E-state index contributed by atoms with van der Waals surface area (Å²) in [5.41, 5.74) is 0.626. The molecule has 3 rings (SSSR count). The number of carbonyl (C=O) groups excluding carboxylic acids is 1. The Morgan fingerprint density at radius 2 is 2.08 bits per heavy atom. The molecule has 134 valence electrons. The smallest absolute Gasteiger partial charge is 0.435 e. The van der Waals surface area contributed by atoms with Crippen LogP contribution in [0.3, 0.4) is 0 Å². The van der Waals surface area contributed by atoms with Crippen LogP contribution < -0.4 is 10.1 Å². The number of nitrogens with zero attached hydrogens (tertiary/aromatic N) is 1. The van der Waals surface area contributed by atoms with Crippen LogP contribution in [0.1, 0.15) is 41.3 Å². The predicted octanol–water partition coefficient (Wildman–Crippen LogP) is 3.17. The third kappa shape index (κ3) is 3.78. The van der Waals surface area contributed by atoms with Crippen molar-refractivity contribution in [3.8, 4) is 5.75 Å². The molecule has 0 spiro atoms. The van der Waals surface area contributed by atoms with Crippen molar-refractivity contribution < 1.29 is 22.7 Å². The number of fused-ring (bicyclic) bond motifs is 1. The maximum Gasteiger partial charge on any atom is 0.435 e. The lowest BCUT2D eigenvalue weighted by Crippen LogP contribution is -2.24. The molecule has 1 aliphatic rings. The van der Waals surface area contributed by atoms with E-state index in [0.717, 1.165) is 5.56 Å². The minimum absolute atomic E-state index is 0.0196. The first-order chi connectivity index (χ1) is 11.9. The number of aryl methyl sites for hydroxylation is 1. The van der Waals surface area contributed by atoms with E-state index in [4.69, 9.17) is 4.74 Å².